The first-order valence-corrected chi connectivity index (χ1v) is 11.6. The molecule has 0 aromatic carbocycles. The van der Waals surface area contributed by atoms with Gasteiger partial charge in [-0.15, -0.1) is 0 Å². The largest absolute Gasteiger partial charge is 0.466 e. The quantitative estimate of drug-likeness (QED) is 0.195. The number of halogens is 29. The van der Waals surface area contributed by atoms with Gasteiger partial charge in [0.25, 0.3) is 0 Å². The van der Waals surface area contributed by atoms with E-state index >= 15 is 0 Å². The number of carbonyl (C=O) groups is 1. The predicted molar refractivity (Wildman–Crippen MR) is 95.1 cm³/mol. The van der Waals surface area contributed by atoms with Crippen molar-refractivity contribution in [2.45, 2.75) is 104 Å². The SMILES string of the molecule is CC1OC(C(F)(F)F)(C(F)(F)F)OC1(F)F.O=C(OC(F)(F)C1(C(F)(F)F)OC(C(F)(F)F)C(F)(F)O1)C(F)(OC(F)(F)C(F)(F)C(F)(F)F)C(F)(F)F. The lowest BCUT2D eigenvalue weighted by Gasteiger charge is -2.37. The zero-order valence-electron chi connectivity index (χ0n) is 23.5. The van der Waals surface area contributed by atoms with E-state index in [0.717, 1.165) is 0 Å². The van der Waals surface area contributed by atoms with Crippen molar-refractivity contribution in [3.63, 3.8) is 0 Å². The maximum Gasteiger partial charge on any atom is 0.466 e. The van der Waals surface area contributed by atoms with Gasteiger partial charge < -0.3 is 14.2 Å². The lowest BCUT2D eigenvalue weighted by molar-refractivity contribution is -0.493. The third-order valence-electron chi connectivity index (χ3n) is 5.60. The molecular formula is C18H5F29O7. The van der Waals surface area contributed by atoms with E-state index in [0.29, 0.717) is 6.92 Å². The lowest BCUT2D eigenvalue weighted by Crippen LogP contribution is -2.66. The highest BCUT2D eigenvalue weighted by Gasteiger charge is 2.88. The van der Waals surface area contributed by atoms with Crippen LogP contribution in [0.5, 0.6) is 0 Å². The van der Waals surface area contributed by atoms with Crippen molar-refractivity contribution in [2.24, 2.45) is 0 Å². The minimum atomic E-state index is -7.93. The molecule has 0 bridgehead atoms. The summed E-state index contributed by atoms with van der Waals surface area (Å²) in [4.78, 5) is 11.2. The number of hydrogen-bond acceptors (Lipinski definition) is 7. The van der Waals surface area contributed by atoms with Gasteiger partial charge in [0.1, 0.15) is 6.10 Å². The second kappa shape index (κ2) is 13.2. The van der Waals surface area contributed by atoms with E-state index in [-0.39, 0.29) is 0 Å². The summed E-state index contributed by atoms with van der Waals surface area (Å²) in [6.07, 6.45) is -77.0. The molecule has 2 heterocycles. The van der Waals surface area contributed by atoms with Crippen LogP contribution in [0, 0.1) is 0 Å². The summed E-state index contributed by atoms with van der Waals surface area (Å²) >= 11 is 0. The van der Waals surface area contributed by atoms with E-state index in [4.69, 9.17) is 0 Å². The molecule has 2 fully saturated rings. The molecule has 4 atom stereocenters. The number of hydrogen-bond donors (Lipinski definition) is 0. The second-order valence-corrected chi connectivity index (χ2v) is 9.54. The summed E-state index contributed by atoms with van der Waals surface area (Å²) in [6.45, 7) is 0.346. The summed E-state index contributed by atoms with van der Waals surface area (Å²) in [5.41, 5.74) is 0. The maximum atomic E-state index is 14.0. The first-order valence-electron chi connectivity index (χ1n) is 11.6. The molecule has 2 rings (SSSR count). The standard InChI is InChI=1S/C12HF21O5.C6H4F8O2/c13-3(8(21,22)23,37-11(30,31)6(19,20)9(24,25)26)2(34)36-12(32,33)7(10(27,28)29)35-1(4(14,15)16)5(17,18)38-7;1-2-3(7,8)16-4(15-2,5(9,10)11)6(12,13)14/h1H;2H,1H3. The molecule has 7 nitrogen and oxygen atoms in total. The van der Waals surface area contributed by atoms with Crippen LogP contribution in [0.25, 0.3) is 0 Å². The Bertz CT molecular complexity index is 1340. The van der Waals surface area contributed by atoms with Gasteiger partial charge in [-0.05, 0) is 6.92 Å². The van der Waals surface area contributed by atoms with Crippen molar-refractivity contribution in [1.29, 1.82) is 0 Å². The van der Waals surface area contributed by atoms with Gasteiger partial charge in [-0.3, -0.25) is 14.2 Å². The molecule has 0 N–H and O–H groups in total. The molecule has 0 saturated carbocycles. The van der Waals surface area contributed by atoms with Gasteiger partial charge in [0.05, 0.1) is 0 Å². The predicted octanol–water partition coefficient (Wildman–Crippen LogP) is 8.82. The van der Waals surface area contributed by atoms with E-state index in [1.807, 2.05) is 4.74 Å². The van der Waals surface area contributed by atoms with Crippen LogP contribution in [-0.2, 0) is 33.2 Å². The number of rotatable bonds is 6. The van der Waals surface area contributed by atoms with Crippen molar-refractivity contribution in [2.75, 3.05) is 0 Å². The Labute approximate surface area is 272 Å². The summed E-state index contributed by atoms with van der Waals surface area (Å²) in [7, 11) is 0. The number of esters is 1. The van der Waals surface area contributed by atoms with Crippen LogP contribution in [-0.4, -0.2) is 103 Å². The summed E-state index contributed by atoms with van der Waals surface area (Å²) in [5, 5.41) is 0. The van der Waals surface area contributed by atoms with Crippen LogP contribution in [0.4, 0.5) is 127 Å². The van der Waals surface area contributed by atoms with Crippen LogP contribution >= 0.6 is 0 Å². The summed E-state index contributed by atoms with van der Waals surface area (Å²) in [5.74, 6) is -33.1. The van der Waals surface area contributed by atoms with Gasteiger partial charge in [0, 0.05) is 0 Å². The Balaban J connectivity index is 0.000000755. The first kappa shape index (κ1) is 49.3. The molecule has 2 aliphatic heterocycles. The smallest absolute Gasteiger partial charge is 0.392 e. The van der Waals surface area contributed by atoms with Gasteiger partial charge in [-0.1, -0.05) is 0 Å². The molecule has 0 aromatic rings. The molecule has 2 saturated heterocycles. The normalized spacial score (nSPS) is 26.9. The fourth-order valence-corrected chi connectivity index (χ4v) is 3.08. The van der Waals surface area contributed by atoms with E-state index in [1.165, 1.54) is 4.74 Å². The highest BCUT2D eigenvalue weighted by Crippen LogP contribution is 2.59. The van der Waals surface area contributed by atoms with Gasteiger partial charge in [-0.2, -0.15) is 127 Å². The van der Waals surface area contributed by atoms with Crippen molar-refractivity contribution in [1.82, 2.24) is 0 Å². The lowest BCUT2D eigenvalue weighted by atomic mass is 10.2. The minimum absolute atomic E-state index is 0.346. The fourth-order valence-electron chi connectivity index (χ4n) is 3.08. The Morgan fingerprint density at radius 3 is 1.15 bits per heavy atom. The highest BCUT2D eigenvalue weighted by molar-refractivity contribution is 5.79. The van der Waals surface area contributed by atoms with Gasteiger partial charge in [-0.25, -0.2) is 4.79 Å². The van der Waals surface area contributed by atoms with Crippen LogP contribution in [0.1, 0.15) is 6.92 Å². The third-order valence-corrected chi connectivity index (χ3v) is 5.60. The number of ether oxygens (including phenoxy) is 6. The Hall–Kier alpha value is -2.76. The molecule has 0 aromatic heterocycles. The van der Waals surface area contributed by atoms with Crippen LogP contribution in [0.3, 0.4) is 0 Å². The summed E-state index contributed by atoms with van der Waals surface area (Å²) in [6, 6.07) is 0. The minimum Gasteiger partial charge on any atom is -0.392 e. The zero-order chi connectivity index (χ0) is 44.0. The molecular weight excluding hydrogens is 879 g/mol. The molecule has 36 heteroatoms. The van der Waals surface area contributed by atoms with E-state index in [1.54, 1.807) is 0 Å². The fraction of sp³-hybridized carbons (Fsp3) is 0.944. The average molecular weight is 884 g/mol. The Kier molecular flexibility index (Phi) is 12.0. The number of alkyl halides is 29. The van der Waals surface area contributed by atoms with Crippen LogP contribution in [0.2, 0.25) is 0 Å². The highest BCUT2D eigenvalue weighted by atomic mass is 19.4. The maximum absolute atomic E-state index is 14.0. The summed E-state index contributed by atoms with van der Waals surface area (Å²) < 4.78 is 382. The van der Waals surface area contributed by atoms with Crippen molar-refractivity contribution >= 4 is 5.97 Å². The van der Waals surface area contributed by atoms with Gasteiger partial charge >= 0.3 is 90.8 Å². The average Bonchev–Trinajstić information content (AvgIpc) is 3.32. The van der Waals surface area contributed by atoms with Gasteiger partial charge in [0.15, 0.2) is 0 Å². The van der Waals surface area contributed by atoms with Crippen molar-refractivity contribution < 1.29 is 161 Å². The van der Waals surface area contributed by atoms with E-state index in [2.05, 4.69) is 18.9 Å². The Morgan fingerprint density at radius 1 is 0.537 bits per heavy atom. The Morgan fingerprint density at radius 2 is 0.907 bits per heavy atom. The van der Waals surface area contributed by atoms with Crippen molar-refractivity contribution in [3.8, 4) is 0 Å². The van der Waals surface area contributed by atoms with Crippen LogP contribution < -0.4 is 0 Å². The molecule has 322 valence electrons. The second-order valence-electron chi connectivity index (χ2n) is 9.54. The molecule has 0 radical (unpaired) electrons. The molecule has 54 heavy (non-hydrogen) atoms. The molecule has 2 aliphatic rings. The van der Waals surface area contributed by atoms with Gasteiger partial charge in [0.2, 0.25) is 6.10 Å². The van der Waals surface area contributed by atoms with Crippen molar-refractivity contribution in [3.05, 3.63) is 0 Å². The van der Waals surface area contributed by atoms with E-state index < -0.39 is 103 Å². The molecule has 0 amide bonds. The topological polar surface area (TPSA) is 72.5 Å². The number of carbonyl (C=O) groups excluding carboxylic acids is 1. The molecule has 0 spiro atoms. The monoisotopic (exact) mass is 884 g/mol. The van der Waals surface area contributed by atoms with E-state index in [9.17, 15) is 132 Å². The molecule has 0 aliphatic carbocycles. The first-order chi connectivity index (χ1) is 23.0. The van der Waals surface area contributed by atoms with Crippen LogP contribution in [0.15, 0.2) is 0 Å². The third kappa shape index (κ3) is 8.34. The zero-order valence-corrected chi connectivity index (χ0v) is 23.5. The molecule has 4 unspecified atom stereocenters.